The van der Waals surface area contributed by atoms with E-state index in [-0.39, 0.29) is 22.8 Å². The van der Waals surface area contributed by atoms with Crippen LogP contribution >= 0.6 is 0 Å². The van der Waals surface area contributed by atoms with E-state index in [4.69, 9.17) is 5.73 Å². The second-order valence-electron chi connectivity index (χ2n) is 11.8. The van der Waals surface area contributed by atoms with Crippen molar-refractivity contribution in [3.05, 3.63) is 42.0 Å². The topological polar surface area (TPSA) is 133 Å². The van der Waals surface area contributed by atoms with Gasteiger partial charge in [0, 0.05) is 37.5 Å². The first-order valence-corrected chi connectivity index (χ1v) is 17.8. The third-order valence-electron chi connectivity index (χ3n) is 8.05. The zero-order valence-electron chi connectivity index (χ0n) is 26.5. The number of phenolic OH excluding ortho intramolecular Hbond substituents is 1. The van der Waals surface area contributed by atoms with E-state index in [1.54, 1.807) is 18.2 Å². The van der Waals surface area contributed by atoms with E-state index < -0.39 is 16.0 Å². The summed E-state index contributed by atoms with van der Waals surface area (Å²) in [5.41, 5.74) is 7.79. The van der Waals surface area contributed by atoms with Crippen LogP contribution in [0.3, 0.4) is 0 Å². The number of phenols is 1. The van der Waals surface area contributed by atoms with Crippen molar-refractivity contribution in [1.82, 2.24) is 0 Å². The molecule has 8 nitrogen and oxygen atoms in total. The zero-order chi connectivity index (χ0) is 31.5. The Labute approximate surface area is 260 Å². The van der Waals surface area contributed by atoms with Crippen molar-refractivity contribution < 1.29 is 22.9 Å². The molecular weight excluding hydrogens is 562 g/mol. The predicted molar refractivity (Wildman–Crippen MR) is 179 cm³/mol. The number of anilines is 3. The van der Waals surface area contributed by atoms with Crippen LogP contribution in [-0.2, 0) is 21.3 Å². The summed E-state index contributed by atoms with van der Waals surface area (Å²) in [6, 6.07) is 9.12. The van der Waals surface area contributed by atoms with Gasteiger partial charge in [0.2, 0.25) is 5.91 Å². The number of nitrogens with two attached hydrogens (primary N) is 1. The number of amides is 1. The number of nitrogen functional groups attached to an aromatic ring is 1. The summed E-state index contributed by atoms with van der Waals surface area (Å²) >= 11 is 0. The SMILES string of the molecule is CCCCCCCCCCCCCCCCCCN(C)c1ccc(S(=O)(=O)O)c(NC(=O)CCc2ccc(O)cc2N)c1. The third kappa shape index (κ3) is 15.0. The fourth-order valence-electron chi connectivity index (χ4n) is 5.38. The van der Waals surface area contributed by atoms with Crippen molar-refractivity contribution in [3.8, 4) is 5.75 Å². The van der Waals surface area contributed by atoms with Crippen LogP contribution in [-0.4, -0.2) is 37.6 Å². The van der Waals surface area contributed by atoms with E-state index in [1.807, 2.05) is 11.9 Å². The normalized spacial score (nSPS) is 11.5. The number of nitrogens with one attached hydrogen (secondary N) is 1. The minimum absolute atomic E-state index is 0.0440. The van der Waals surface area contributed by atoms with Gasteiger partial charge in [0.15, 0.2) is 0 Å². The molecule has 43 heavy (non-hydrogen) atoms. The summed E-state index contributed by atoms with van der Waals surface area (Å²) in [5.74, 6) is -0.362. The maximum Gasteiger partial charge on any atom is 0.296 e. The number of hydrogen-bond acceptors (Lipinski definition) is 6. The number of carbonyl (C=O) groups excluding carboxylic acids is 1. The number of aromatic hydroxyl groups is 1. The van der Waals surface area contributed by atoms with Gasteiger partial charge < -0.3 is 21.1 Å². The van der Waals surface area contributed by atoms with Crippen LogP contribution < -0.4 is 16.0 Å². The van der Waals surface area contributed by atoms with Gasteiger partial charge in [-0.25, -0.2) is 0 Å². The molecule has 2 rings (SSSR count). The van der Waals surface area contributed by atoms with Gasteiger partial charge in [-0.2, -0.15) is 8.42 Å². The second-order valence-corrected chi connectivity index (χ2v) is 13.2. The Kier molecular flexibility index (Phi) is 17.1. The van der Waals surface area contributed by atoms with E-state index in [1.165, 1.54) is 108 Å². The van der Waals surface area contributed by atoms with Crippen molar-refractivity contribution in [2.24, 2.45) is 0 Å². The predicted octanol–water partition coefficient (Wildman–Crippen LogP) is 8.49. The lowest BCUT2D eigenvalue weighted by Crippen LogP contribution is -2.20. The Morgan fingerprint density at radius 2 is 1.35 bits per heavy atom. The number of unbranched alkanes of at least 4 members (excludes halogenated alkanes) is 15. The molecule has 0 saturated heterocycles. The van der Waals surface area contributed by atoms with Gasteiger partial charge in [-0.3, -0.25) is 9.35 Å². The molecule has 1 amide bonds. The van der Waals surface area contributed by atoms with Crippen molar-refractivity contribution in [1.29, 1.82) is 0 Å². The van der Waals surface area contributed by atoms with E-state index >= 15 is 0 Å². The molecule has 5 N–H and O–H groups in total. The first-order valence-electron chi connectivity index (χ1n) is 16.3. The van der Waals surface area contributed by atoms with Crippen LogP contribution in [0.4, 0.5) is 17.1 Å². The maximum atomic E-state index is 12.7. The van der Waals surface area contributed by atoms with Crippen LogP contribution in [0.2, 0.25) is 0 Å². The first kappa shape index (κ1) is 36.4. The molecule has 0 aromatic heterocycles. The van der Waals surface area contributed by atoms with Crippen molar-refractivity contribution in [2.75, 3.05) is 29.5 Å². The molecule has 0 spiro atoms. The monoisotopic (exact) mass is 617 g/mol. The Hall–Kier alpha value is -2.78. The molecular formula is C34H55N3O5S. The number of benzene rings is 2. The molecule has 0 aliphatic rings. The summed E-state index contributed by atoms with van der Waals surface area (Å²) in [4.78, 5) is 14.4. The fraction of sp³-hybridized carbons (Fsp3) is 0.618. The smallest absolute Gasteiger partial charge is 0.296 e. The van der Waals surface area contributed by atoms with Gasteiger partial charge in [0.05, 0.1) is 5.69 Å². The van der Waals surface area contributed by atoms with Crippen LogP contribution in [0.15, 0.2) is 41.3 Å². The molecule has 0 bridgehead atoms. The summed E-state index contributed by atoms with van der Waals surface area (Å²) in [6.45, 7) is 3.07. The van der Waals surface area contributed by atoms with Gasteiger partial charge >= 0.3 is 0 Å². The third-order valence-corrected chi connectivity index (χ3v) is 8.97. The summed E-state index contributed by atoms with van der Waals surface area (Å²) < 4.78 is 33.6. The van der Waals surface area contributed by atoms with Crippen molar-refractivity contribution in [2.45, 2.75) is 127 Å². The van der Waals surface area contributed by atoms with Crippen LogP contribution in [0.5, 0.6) is 5.75 Å². The van der Waals surface area contributed by atoms with Crippen LogP contribution in [0, 0.1) is 0 Å². The number of nitrogens with zero attached hydrogens (tertiary/aromatic N) is 1. The number of rotatable bonds is 23. The molecule has 2 aromatic rings. The highest BCUT2D eigenvalue weighted by Gasteiger charge is 2.19. The van der Waals surface area contributed by atoms with Crippen LogP contribution in [0.1, 0.15) is 122 Å². The maximum absolute atomic E-state index is 12.7. The number of carbonyl (C=O) groups is 1. The molecule has 0 heterocycles. The molecule has 0 radical (unpaired) electrons. The average molecular weight is 618 g/mol. The lowest BCUT2D eigenvalue weighted by molar-refractivity contribution is -0.116. The van der Waals surface area contributed by atoms with E-state index in [9.17, 15) is 22.9 Å². The minimum atomic E-state index is -4.53. The molecule has 0 aliphatic heterocycles. The Bertz CT molecular complexity index is 1200. The molecule has 0 unspecified atom stereocenters. The lowest BCUT2D eigenvalue weighted by atomic mass is 10.0. The van der Waals surface area contributed by atoms with Gasteiger partial charge in [0.1, 0.15) is 10.6 Å². The van der Waals surface area contributed by atoms with Crippen molar-refractivity contribution in [3.63, 3.8) is 0 Å². The van der Waals surface area contributed by atoms with Gasteiger partial charge in [0.25, 0.3) is 10.1 Å². The van der Waals surface area contributed by atoms with E-state index in [0.717, 1.165) is 25.1 Å². The summed E-state index contributed by atoms with van der Waals surface area (Å²) in [5, 5.41) is 12.2. The first-order chi connectivity index (χ1) is 20.6. The molecule has 2 aromatic carbocycles. The highest BCUT2D eigenvalue weighted by atomic mass is 32.2. The fourth-order valence-corrected chi connectivity index (χ4v) is 6.00. The standard InChI is InChI=1S/C34H55N3O5S/c1-3-4-5-6-7-8-9-10-11-12-13-14-15-16-17-18-25-37(2)29-21-23-33(43(40,41)42)32(26-29)36-34(39)24-20-28-19-22-30(38)27-31(28)35/h19,21-23,26-27,38H,3-18,20,24-25,35H2,1-2H3,(H,36,39)(H,40,41,42). The summed E-state index contributed by atoms with van der Waals surface area (Å²) in [7, 11) is -2.59. The lowest BCUT2D eigenvalue weighted by Gasteiger charge is -2.21. The van der Waals surface area contributed by atoms with E-state index in [0.29, 0.717) is 17.7 Å². The zero-order valence-corrected chi connectivity index (χ0v) is 27.3. The largest absolute Gasteiger partial charge is 0.508 e. The quantitative estimate of drug-likeness (QED) is 0.0558. The number of aryl methyl sites for hydroxylation is 1. The van der Waals surface area contributed by atoms with Gasteiger partial charge in [-0.15, -0.1) is 0 Å². The Morgan fingerprint density at radius 3 is 1.86 bits per heavy atom. The second kappa shape index (κ2) is 20.2. The van der Waals surface area contributed by atoms with Crippen LogP contribution in [0.25, 0.3) is 0 Å². The van der Waals surface area contributed by atoms with E-state index in [2.05, 4.69) is 12.2 Å². The molecule has 9 heteroatoms. The minimum Gasteiger partial charge on any atom is -0.508 e. The molecule has 0 aliphatic carbocycles. The molecule has 242 valence electrons. The Morgan fingerprint density at radius 1 is 0.814 bits per heavy atom. The molecule has 0 fully saturated rings. The molecule has 0 atom stereocenters. The van der Waals surface area contributed by atoms with Crippen molar-refractivity contribution >= 4 is 33.1 Å². The van der Waals surface area contributed by atoms with Gasteiger partial charge in [-0.05, 0) is 42.7 Å². The highest BCUT2D eigenvalue weighted by Crippen LogP contribution is 2.28. The average Bonchev–Trinajstić information content (AvgIpc) is 2.95. The van der Waals surface area contributed by atoms with Gasteiger partial charge in [-0.1, -0.05) is 109 Å². The highest BCUT2D eigenvalue weighted by molar-refractivity contribution is 7.86. The number of hydrogen-bond donors (Lipinski definition) is 4. The molecule has 0 saturated carbocycles. The summed E-state index contributed by atoms with van der Waals surface area (Å²) in [6.07, 6.45) is 21.4. The Balaban J connectivity index is 1.69.